The Hall–Kier alpha value is -3.31. The molecule has 1 saturated heterocycles. The molecular formula is C35H51FN4O5S. The third-order valence-electron chi connectivity index (χ3n) is 8.24. The van der Waals surface area contributed by atoms with E-state index in [1.54, 1.807) is 20.1 Å². The molecule has 9 nitrogen and oxygen atoms in total. The zero-order valence-corrected chi connectivity index (χ0v) is 28.4. The summed E-state index contributed by atoms with van der Waals surface area (Å²) in [6.45, 7) is 13.1. The maximum absolute atomic E-state index is 14.0. The molecule has 0 spiro atoms. The molecule has 0 bridgehead atoms. The Kier molecular flexibility index (Phi) is 13.3. The second kappa shape index (κ2) is 16.5. The van der Waals surface area contributed by atoms with Crippen molar-refractivity contribution in [3.05, 3.63) is 40.8 Å². The van der Waals surface area contributed by atoms with Gasteiger partial charge in [-0.3, -0.25) is 4.79 Å². The first kappa shape index (κ1) is 37.2. The molecule has 46 heavy (non-hydrogen) atoms. The number of methoxy groups -OCH3 is 1. The monoisotopic (exact) mass is 658 g/mol. The number of carbonyl (C=O) groups is 2. The van der Waals surface area contributed by atoms with Gasteiger partial charge < -0.3 is 24.4 Å². The van der Waals surface area contributed by atoms with E-state index in [4.69, 9.17) is 14.2 Å². The summed E-state index contributed by atoms with van der Waals surface area (Å²) in [5.74, 6) is 1.31. The van der Waals surface area contributed by atoms with E-state index >= 15 is 0 Å². The van der Waals surface area contributed by atoms with E-state index in [9.17, 15) is 14.0 Å². The number of amides is 1. The van der Waals surface area contributed by atoms with Gasteiger partial charge >= 0.3 is 6.09 Å². The number of nitrogens with zero attached hydrogens (tertiary/aromatic N) is 3. The summed E-state index contributed by atoms with van der Waals surface area (Å²) in [6, 6.07) is 4.43. The number of aromatic nitrogens is 2. The molecular weight excluding hydrogens is 607 g/mol. The number of likely N-dealkylation sites (tertiary alicyclic amines) is 1. The summed E-state index contributed by atoms with van der Waals surface area (Å²) < 4.78 is 30.9. The van der Waals surface area contributed by atoms with Gasteiger partial charge in [-0.15, -0.1) is 11.3 Å². The molecule has 1 N–H and O–H groups in total. The van der Waals surface area contributed by atoms with E-state index in [1.165, 1.54) is 36.2 Å². The molecule has 5 rings (SSSR count). The van der Waals surface area contributed by atoms with E-state index < -0.39 is 0 Å². The minimum atomic E-state index is -0.379. The molecule has 2 fully saturated rings. The third kappa shape index (κ3) is 9.84. The molecule has 2 aromatic heterocycles. The number of anilines is 2. The quantitative estimate of drug-likeness (QED) is 0.251. The minimum absolute atomic E-state index is 0. The molecule has 254 valence electrons. The average molecular weight is 659 g/mol. The van der Waals surface area contributed by atoms with Crippen LogP contribution in [-0.4, -0.2) is 64.8 Å². The molecule has 0 radical (unpaired) electrons. The molecule has 1 aromatic carbocycles. The predicted molar refractivity (Wildman–Crippen MR) is 183 cm³/mol. The van der Waals surface area contributed by atoms with Crippen molar-refractivity contribution in [1.29, 1.82) is 0 Å². The van der Waals surface area contributed by atoms with Crippen molar-refractivity contribution in [2.75, 3.05) is 25.5 Å². The molecule has 1 aliphatic carbocycles. The van der Waals surface area contributed by atoms with Crippen LogP contribution in [0.2, 0.25) is 0 Å². The normalized spacial score (nSPS) is 19.8. The second-order valence-corrected chi connectivity index (χ2v) is 13.9. The SMILES string of the molecule is C.CCC1CCCN(C(=O)OC(C)(C)C)C1.COC1CCC(Oc2cc(F)ccc2Nc2ncnc3sc(C(C)=O)c(C)c23)CC1. The summed E-state index contributed by atoms with van der Waals surface area (Å²) in [4.78, 5) is 35.6. The number of aryl methyl sites for hydroxylation is 1. The first-order valence-corrected chi connectivity index (χ1v) is 16.7. The Morgan fingerprint density at radius 3 is 2.43 bits per heavy atom. The number of benzene rings is 1. The van der Waals surface area contributed by atoms with Gasteiger partial charge in [0, 0.05) is 26.3 Å². The van der Waals surface area contributed by atoms with Crippen molar-refractivity contribution in [2.45, 2.75) is 112 Å². The fourth-order valence-electron chi connectivity index (χ4n) is 5.78. The number of nitrogens with one attached hydrogen (secondary N) is 1. The van der Waals surface area contributed by atoms with Gasteiger partial charge in [0.1, 0.15) is 34.1 Å². The predicted octanol–water partition coefficient (Wildman–Crippen LogP) is 9.10. The van der Waals surface area contributed by atoms with Crippen molar-refractivity contribution >= 4 is 44.9 Å². The summed E-state index contributed by atoms with van der Waals surface area (Å²) in [6.07, 6.45) is 8.66. The maximum Gasteiger partial charge on any atom is 0.410 e. The number of fused-ring (bicyclic) bond motifs is 1. The van der Waals surface area contributed by atoms with Crippen LogP contribution >= 0.6 is 11.3 Å². The first-order valence-electron chi connectivity index (χ1n) is 15.9. The fourth-order valence-corrected chi connectivity index (χ4v) is 6.83. The first-order chi connectivity index (χ1) is 21.4. The van der Waals surface area contributed by atoms with Crippen LogP contribution in [0.1, 0.15) is 102 Å². The Morgan fingerprint density at radius 1 is 1.11 bits per heavy atom. The highest BCUT2D eigenvalue weighted by atomic mass is 32.1. The van der Waals surface area contributed by atoms with Gasteiger partial charge in [-0.1, -0.05) is 20.8 Å². The largest absolute Gasteiger partial charge is 0.488 e. The molecule has 3 aromatic rings. The Bertz CT molecular complexity index is 1470. The van der Waals surface area contributed by atoms with Crippen molar-refractivity contribution in [3.8, 4) is 5.75 Å². The zero-order chi connectivity index (χ0) is 32.7. The maximum atomic E-state index is 14.0. The lowest BCUT2D eigenvalue weighted by molar-refractivity contribution is 0.0164. The van der Waals surface area contributed by atoms with Gasteiger partial charge in [0.05, 0.1) is 28.2 Å². The number of piperidine rings is 1. The van der Waals surface area contributed by atoms with Crippen LogP contribution in [0.4, 0.5) is 20.7 Å². The smallest absolute Gasteiger partial charge is 0.410 e. The number of rotatable bonds is 7. The van der Waals surface area contributed by atoms with Gasteiger partial charge in [0.2, 0.25) is 0 Å². The van der Waals surface area contributed by atoms with Gasteiger partial charge in [0.25, 0.3) is 0 Å². The second-order valence-electron chi connectivity index (χ2n) is 12.9. The number of Topliss-reactive ketones (excluding diaryl/α,β-unsaturated/α-hetero) is 1. The molecule has 1 amide bonds. The molecule has 2 aliphatic rings. The summed E-state index contributed by atoms with van der Waals surface area (Å²) in [5, 5.41) is 4.07. The van der Waals surface area contributed by atoms with E-state index in [0.717, 1.165) is 67.4 Å². The summed E-state index contributed by atoms with van der Waals surface area (Å²) in [5.41, 5.74) is 1.09. The van der Waals surface area contributed by atoms with Crippen molar-refractivity contribution < 1.29 is 28.2 Å². The van der Waals surface area contributed by atoms with E-state index in [1.807, 2.05) is 32.6 Å². The highest BCUT2D eigenvalue weighted by Gasteiger charge is 2.27. The van der Waals surface area contributed by atoms with Crippen LogP contribution < -0.4 is 10.1 Å². The van der Waals surface area contributed by atoms with Crippen LogP contribution in [0.25, 0.3) is 10.2 Å². The molecule has 1 atom stereocenters. The van der Waals surface area contributed by atoms with Crippen molar-refractivity contribution in [3.63, 3.8) is 0 Å². The number of thiophene rings is 1. The minimum Gasteiger partial charge on any atom is -0.488 e. The number of ether oxygens (including phenoxy) is 3. The van der Waals surface area contributed by atoms with Crippen molar-refractivity contribution in [2.24, 2.45) is 5.92 Å². The van der Waals surface area contributed by atoms with E-state index in [2.05, 4.69) is 22.2 Å². The average Bonchev–Trinajstić information content (AvgIpc) is 3.36. The van der Waals surface area contributed by atoms with Crippen LogP contribution in [0, 0.1) is 18.7 Å². The van der Waals surface area contributed by atoms with E-state index in [0.29, 0.717) is 28.0 Å². The number of hydrogen-bond donors (Lipinski definition) is 1. The Labute approximate surface area is 277 Å². The Morgan fingerprint density at radius 2 is 1.80 bits per heavy atom. The van der Waals surface area contributed by atoms with Crippen LogP contribution in [0.15, 0.2) is 24.5 Å². The van der Waals surface area contributed by atoms with Gasteiger partial charge in [-0.25, -0.2) is 19.2 Å². The van der Waals surface area contributed by atoms with Gasteiger partial charge in [-0.05, 0) is 96.8 Å². The number of hydrogen-bond acceptors (Lipinski definition) is 9. The molecule has 1 saturated carbocycles. The fraction of sp³-hybridized carbons (Fsp3) is 0.600. The van der Waals surface area contributed by atoms with Crippen molar-refractivity contribution in [1.82, 2.24) is 14.9 Å². The highest BCUT2D eigenvalue weighted by molar-refractivity contribution is 7.20. The molecule has 3 heterocycles. The lowest BCUT2D eigenvalue weighted by atomic mass is 9.95. The topological polar surface area (TPSA) is 103 Å². The number of halogens is 1. The molecule has 11 heteroatoms. The highest BCUT2D eigenvalue weighted by Crippen LogP contribution is 2.37. The van der Waals surface area contributed by atoms with E-state index in [-0.39, 0.29) is 42.9 Å². The van der Waals surface area contributed by atoms with Gasteiger partial charge in [0.15, 0.2) is 5.78 Å². The zero-order valence-electron chi connectivity index (χ0n) is 27.6. The molecule has 1 aliphatic heterocycles. The Balaban J connectivity index is 0.000000306. The van der Waals surface area contributed by atoms with Crippen LogP contribution in [-0.2, 0) is 9.47 Å². The standard InChI is InChI=1S/C22H24FN3O3S.C12H23NO2.CH4/c1-12-19-21(24-11-25-22(19)30-20(12)13(2)27)26-17-9-4-14(23)10-18(17)29-16-7-5-15(28-3)6-8-16;1-5-10-7-6-8-13(9-10)11(14)15-12(2,3)4;/h4,9-11,15-16H,5-8H2,1-3H3,(H,24,25,26);10H,5-9H2,1-4H3;1H4. The third-order valence-corrected chi connectivity index (χ3v) is 9.54. The number of ketones is 1. The van der Waals surface area contributed by atoms with Crippen LogP contribution in [0.5, 0.6) is 5.75 Å². The lowest BCUT2D eigenvalue weighted by Crippen LogP contribution is -2.42. The summed E-state index contributed by atoms with van der Waals surface area (Å²) in [7, 11) is 1.73. The molecule has 1 unspecified atom stereocenters. The summed E-state index contributed by atoms with van der Waals surface area (Å²) >= 11 is 1.35. The number of carbonyl (C=O) groups excluding carboxylic acids is 2. The lowest BCUT2D eigenvalue weighted by Gasteiger charge is -2.33. The van der Waals surface area contributed by atoms with Gasteiger partial charge in [-0.2, -0.15) is 0 Å². The van der Waals surface area contributed by atoms with Crippen LogP contribution in [0.3, 0.4) is 0 Å².